The number of hydrogen-bond donors (Lipinski definition) is 0. The van der Waals surface area contributed by atoms with Crippen molar-refractivity contribution in [3.8, 4) is 0 Å². The van der Waals surface area contributed by atoms with Gasteiger partial charge in [0, 0.05) is 12.3 Å². The standard InChI is InChI=1S/C9H12O3/c1-12-9(11)7-4-8(10)6-3-2-5(6)7/h5-7H,2-4H2,1H3. The van der Waals surface area contributed by atoms with E-state index in [4.69, 9.17) is 0 Å². The Bertz CT molecular complexity index is 234. The van der Waals surface area contributed by atoms with Crippen LogP contribution in [0.2, 0.25) is 0 Å². The first kappa shape index (κ1) is 7.77. The van der Waals surface area contributed by atoms with Crippen molar-refractivity contribution in [2.45, 2.75) is 19.3 Å². The molecule has 0 bridgehead atoms. The monoisotopic (exact) mass is 168 g/mol. The van der Waals surface area contributed by atoms with Crippen LogP contribution in [-0.2, 0) is 14.3 Å². The van der Waals surface area contributed by atoms with Crippen LogP contribution in [0.1, 0.15) is 19.3 Å². The molecule has 0 heterocycles. The molecule has 2 fully saturated rings. The molecule has 0 amide bonds. The molecule has 0 saturated heterocycles. The van der Waals surface area contributed by atoms with E-state index in [0.717, 1.165) is 12.8 Å². The van der Waals surface area contributed by atoms with Crippen molar-refractivity contribution in [3.05, 3.63) is 0 Å². The molecule has 3 atom stereocenters. The van der Waals surface area contributed by atoms with E-state index in [1.54, 1.807) is 0 Å². The van der Waals surface area contributed by atoms with Gasteiger partial charge in [0.05, 0.1) is 13.0 Å². The summed E-state index contributed by atoms with van der Waals surface area (Å²) in [4.78, 5) is 22.4. The largest absolute Gasteiger partial charge is 0.469 e. The second kappa shape index (κ2) is 2.57. The summed E-state index contributed by atoms with van der Waals surface area (Å²) in [5.74, 6) is 0.442. The Morgan fingerprint density at radius 1 is 1.50 bits per heavy atom. The normalized spacial score (nSPS) is 38.8. The minimum atomic E-state index is -0.199. The fraction of sp³-hybridized carbons (Fsp3) is 0.778. The van der Waals surface area contributed by atoms with Crippen molar-refractivity contribution in [2.24, 2.45) is 17.8 Å². The Morgan fingerprint density at radius 3 is 2.67 bits per heavy atom. The number of carbonyl (C=O) groups excluding carboxylic acids is 2. The molecule has 3 heteroatoms. The van der Waals surface area contributed by atoms with E-state index in [2.05, 4.69) is 4.74 Å². The molecule has 3 unspecified atom stereocenters. The van der Waals surface area contributed by atoms with Crippen LogP contribution in [0, 0.1) is 17.8 Å². The van der Waals surface area contributed by atoms with E-state index in [-0.39, 0.29) is 23.6 Å². The van der Waals surface area contributed by atoms with Crippen molar-refractivity contribution in [1.29, 1.82) is 0 Å². The van der Waals surface area contributed by atoms with E-state index in [1.165, 1.54) is 7.11 Å². The topological polar surface area (TPSA) is 43.4 Å². The van der Waals surface area contributed by atoms with Gasteiger partial charge < -0.3 is 4.74 Å². The van der Waals surface area contributed by atoms with Gasteiger partial charge >= 0.3 is 5.97 Å². The van der Waals surface area contributed by atoms with Crippen LogP contribution in [0.15, 0.2) is 0 Å². The second-order valence-corrected chi connectivity index (χ2v) is 3.65. The zero-order valence-corrected chi connectivity index (χ0v) is 7.08. The van der Waals surface area contributed by atoms with Crippen molar-refractivity contribution in [2.75, 3.05) is 7.11 Å². The Labute approximate surface area is 71.1 Å². The van der Waals surface area contributed by atoms with E-state index < -0.39 is 0 Å². The summed E-state index contributed by atoms with van der Waals surface area (Å²) < 4.78 is 4.64. The zero-order valence-electron chi connectivity index (χ0n) is 7.08. The molecule has 0 radical (unpaired) electrons. The van der Waals surface area contributed by atoms with Gasteiger partial charge in [0.1, 0.15) is 5.78 Å². The summed E-state index contributed by atoms with van der Waals surface area (Å²) in [7, 11) is 1.39. The van der Waals surface area contributed by atoms with Crippen LogP contribution < -0.4 is 0 Å². The van der Waals surface area contributed by atoms with Gasteiger partial charge in [-0.25, -0.2) is 0 Å². The second-order valence-electron chi connectivity index (χ2n) is 3.65. The summed E-state index contributed by atoms with van der Waals surface area (Å²) in [6, 6.07) is 0. The minimum Gasteiger partial charge on any atom is -0.469 e. The molecule has 66 valence electrons. The molecule has 0 spiro atoms. The molecule has 2 aliphatic rings. The lowest BCUT2D eigenvalue weighted by atomic mass is 9.72. The van der Waals surface area contributed by atoms with Crippen molar-refractivity contribution in [3.63, 3.8) is 0 Å². The number of rotatable bonds is 1. The summed E-state index contributed by atoms with van der Waals surface area (Å²) in [5, 5.41) is 0. The SMILES string of the molecule is COC(=O)C1CC(=O)C2CCC21. The third kappa shape index (κ3) is 0.886. The fourth-order valence-corrected chi connectivity index (χ4v) is 2.34. The molecule has 0 aromatic heterocycles. The van der Waals surface area contributed by atoms with Gasteiger partial charge in [0.15, 0.2) is 0 Å². The molecule has 0 aromatic rings. The number of ketones is 1. The van der Waals surface area contributed by atoms with E-state index >= 15 is 0 Å². The zero-order chi connectivity index (χ0) is 8.72. The van der Waals surface area contributed by atoms with Gasteiger partial charge in [-0.05, 0) is 18.8 Å². The molecule has 12 heavy (non-hydrogen) atoms. The van der Waals surface area contributed by atoms with Crippen LogP contribution >= 0.6 is 0 Å². The van der Waals surface area contributed by atoms with Crippen molar-refractivity contribution in [1.82, 2.24) is 0 Å². The Kier molecular flexibility index (Phi) is 1.67. The van der Waals surface area contributed by atoms with Crippen molar-refractivity contribution >= 4 is 11.8 Å². The van der Waals surface area contributed by atoms with Crippen LogP contribution in [0.4, 0.5) is 0 Å². The highest BCUT2D eigenvalue weighted by Crippen LogP contribution is 2.48. The summed E-state index contributed by atoms with van der Waals surface area (Å²) in [6.07, 6.45) is 2.43. The van der Waals surface area contributed by atoms with Gasteiger partial charge in [-0.15, -0.1) is 0 Å². The fourth-order valence-electron chi connectivity index (χ4n) is 2.34. The molecule has 3 nitrogen and oxygen atoms in total. The first-order valence-electron chi connectivity index (χ1n) is 4.34. The van der Waals surface area contributed by atoms with Gasteiger partial charge in [-0.1, -0.05) is 0 Å². The van der Waals surface area contributed by atoms with Crippen LogP contribution in [0.5, 0.6) is 0 Å². The Morgan fingerprint density at radius 2 is 2.25 bits per heavy atom. The van der Waals surface area contributed by atoms with Crippen molar-refractivity contribution < 1.29 is 14.3 Å². The molecule has 2 aliphatic carbocycles. The number of Topliss-reactive ketones (excluding diaryl/α,β-unsaturated/α-hetero) is 1. The number of fused-ring (bicyclic) bond motifs is 1. The summed E-state index contributed by atoms with van der Waals surface area (Å²) in [6.45, 7) is 0. The number of carbonyl (C=O) groups is 2. The molecule has 2 saturated carbocycles. The number of ether oxygens (including phenoxy) is 1. The maximum atomic E-state index is 11.3. The lowest BCUT2D eigenvalue weighted by molar-refractivity contribution is -0.148. The summed E-state index contributed by atoms with van der Waals surface area (Å²) in [5.41, 5.74) is 0. The summed E-state index contributed by atoms with van der Waals surface area (Å²) >= 11 is 0. The highest BCUT2D eigenvalue weighted by molar-refractivity contribution is 5.91. The molecule has 0 N–H and O–H groups in total. The van der Waals surface area contributed by atoms with E-state index in [9.17, 15) is 9.59 Å². The number of methoxy groups -OCH3 is 1. The van der Waals surface area contributed by atoms with Gasteiger partial charge in [0.2, 0.25) is 0 Å². The quantitative estimate of drug-likeness (QED) is 0.543. The predicted octanol–water partition coefficient (Wildman–Crippen LogP) is 0.775. The van der Waals surface area contributed by atoms with Gasteiger partial charge in [-0.3, -0.25) is 9.59 Å². The predicted molar refractivity (Wildman–Crippen MR) is 41.3 cm³/mol. The number of hydrogen-bond acceptors (Lipinski definition) is 3. The lowest BCUT2D eigenvalue weighted by Gasteiger charge is -2.31. The van der Waals surface area contributed by atoms with Crippen LogP contribution in [0.3, 0.4) is 0 Å². The lowest BCUT2D eigenvalue weighted by Crippen LogP contribution is -2.31. The maximum absolute atomic E-state index is 11.3. The Balaban J connectivity index is 2.10. The molecule has 0 aromatic carbocycles. The molecule has 2 rings (SSSR count). The molecule has 0 aliphatic heterocycles. The van der Waals surface area contributed by atoms with Crippen LogP contribution in [-0.4, -0.2) is 18.9 Å². The van der Waals surface area contributed by atoms with Gasteiger partial charge in [0.25, 0.3) is 0 Å². The first-order valence-corrected chi connectivity index (χ1v) is 4.34. The molecular formula is C9H12O3. The average Bonchev–Trinajstić information content (AvgIpc) is 2.19. The smallest absolute Gasteiger partial charge is 0.309 e. The Hall–Kier alpha value is -0.860. The average molecular weight is 168 g/mol. The first-order chi connectivity index (χ1) is 5.74. The minimum absolute atomic E-state index is 0.124. The van der Waals surface area contributed by atoms with Gasteiger partial charge in [-0.2, -0.15) is 0 Å². The maximum Gasteiger partial charge on any atom is 0.309 e. The molecular weight excluding hydrogens is 156 g/mol. The number of esters is 1. The highest BCUT2D eigenvalue weighted by Gasteiger charge is 2.51. The van der Waals surface area contributed by atoms with Crippen LogP contribution in [0.25, 0.3) is 0 Å². The van der Waals surface area contributed by atoms with E-state index in [1.807, 2.05) is 0 Å². The van der Waals surface area contributed by atoms with E-state index in [0.29, 0.717) is 12.3 Å². The highest BCUT2D eigenvalue weighted by atomic mass is 16.5. The third-order valence-corrected chi connectivity index (χ3v) is 3.18. The third-order valence-electron chi connectivity index (χ3n) is 3.18.